The standard InChI is InChI=1S/C16H20BrNO3/c1-3-4-5-8-18-14-7-6-12(17)9-13(14)16(21,15(18)20)10-11(2)19/h6-7,9,21H,3-5,8,10H2,1-2H3. The number of fused-ring (bicyclic) bond motifs is 1. The van der Waals surface area contributed by atoms with Crippen LogP contribution in [0.5, 0.6) is 0 Å². The Morgan fingerprint density at radius 1 is 1.38 bits per heavy atom. The van der Waals surface area contributed by atoms with Gasteiger partial charge in [-0.05, 0) is 31.5 Å². The molecule has 0 spiro atoms. The van der Waals surface area contributed by atoms with Gasteiger partial charge in [-0.2, -0.15) is 0 Å². The first-order valence-corrected chi connectivity index (χ1v) is 8.03. The Morgan fingerprint density at radius 3 is 2.71 bits per heavy atom. The molecule has 1 aromatic carbocycles. The Morgan fingerprint density at radius 2 is 2.10 bits per heavy atom. The van der Waals surface area contributed by atoms with Crippen molar-refractivity contribution < 1.29 is 14.7 Å². The van der Waals surface area contributed by atoms with Crippen molar-refractivity contribution in [1.29, 1.82) is 0 Å². The molecule has 0 saturated carbocycles. The molecule has 1 unspecified atom stereocenters. The molecule has 1 N–H and O–H groups in total. The van der Waals surface area contributed by atoms with Crippen LogP contribution < -0.4 is 4.90 Å². The van der Waals surface area contributed by atoms with E-state index in [4.69, 9.17) is 0 Å². The van der Waals surface area contributed by atoms with E-state index in [-0.39, 0.29) is 18.1 Å². The first kappa shape index (κ1) is 16.2. The van der Waals surface area contributed by atoms with Crippen molar-refractivity contribution in [2.24, 2.45) is 0 Å². The van der Waals surface area contributed by atoms with Gasteiger partial charge in [-0.1, -0.05) is 35.7 Å². The Kier molecular flexibility index (Phi) is 4.84. The highest BCUT2D eigenvalue weighted by Crippen LogP contribution is 2.43. The number of halogens is 1. The van der Waals surface area contributed by atoms with Gasteiger partial charge in [0.15, 0.2) is 5.60 Å². The maximum absolute atomic E-state index is 12.6. The highest BCUT2D eigenvalue weighted by Gasteiger charge is 2.50. The zero-order valence-corrected chi connectivity index (χ0v) is 13.9. The van der Waals surface area contributed by atoms with Gasteiger partial charge in [0.25, 0.3) is 5.91 Å². The van der Waals surface area contributed by atoms with E-state index in [1.165, 1.54) is 6.92 Å². The summed E-state index contributed by atoms with van der Waals surface area (Å²) in [6.45, 7) is 4.06. The van der Waals surface area contributed by atoms with E-state index in [0.717, 1.165) is 23.7 Å². The van der Waals surface area contributed by atoms with E-state index in [1.807, 2.05) is 12.1 Å². The lowest BCUT2D eigenvalue weighted by Gasteiger charge is -2.22. The van der Waals surface area contributed by atoms with Crippen LogP contribution in [-0.2, 0) is 15.2 Å². The fourth-order valence-corrected chi connectivity index (χ4v) is 3.16. The molecule has 114 valence electrons. The van der Waals surface area contributed by atoms with Crippen molar-refractivity contribution in [2.45, 2.75) is 45.1 Å². The molecule has 1 amide bonds. The number of hydrogen-bond acceptors (Lipinski definition) is 3. The lowest BCUT2D eigenvalue weighted by atomic mass is 9.90. The molecule has 1 aliphatic rings. The molecule has 4 nitrogen and oxygen atoms in total. The minimum absolute atomic E-state index is 0.181. The average Bonchev–Trinajstić information content (AvgIpc) is 2.60. The van der Waals surface area contributed by atoms with Gasteiger partial charge < -0.3 is 10.0 Å². The van der Waals surface area contributed by atoms with Crippen LogP contribution in [0.1, 0.15) is 45.1 Å². The third kappa shape index (κ3) is 3.04. The molecule has 5 heteroatoms. The second-order valence-corrected chi connectivity index (χ2v) is 6.48. The van der Waals surface area contributed by atoms with Crippen molar-refractivity contribution in [3.05, 3.63) is 28.2 Å². The SMILES string of the molecule is CCCCCN1C(=O)C(O)(CC(C)=O)c2cc(Br)ccc21. The smallest absolute Gasteiger partial charge is 0.264 e. The summed E-state index contributed by atoms with van der Waals surface area (Å²) in [5.41, 5.74) is -0.492. The fourth-order valence-electron chi connectivity index (χ4n) is 2.80. The van der Waals surface area contributed by atoms with Gasteiger partial charge >= 0.3 is 0 Å². The summed E-state index contributed by atoms with van der Waals surface area (Å²) >= 11 is 3.36. The van der Waals surface area contributed by atoms with Crippen LogP contribution in [0.15, 0.2) is 22.7 Å². The highest BCUT2D eigenvalue weighted by atomic mass is 79.9. The van der Waals surface area contributed by atoms with Gasteiger partial charge in [0.1, 0.15) is 5.78 Å². The number of amides is 1. The number of carbonyl (C=O) groups excluding carboxylic acids is 2. The predicted molar refractivity (Wildman–Crippen MR) is 85.2 cm³/mol. The van der Waals surface area contributed by atoms with Gasteiger partial charge in [0.2, 0.25) is 0 Å². The van der Waals surface area contributed by atoms with Gasteiger partial charge in [0, 0.05) is 23.0 Å². The summed E-state index contributed by atoms with van der Waals surface area (Å²) in [4.78, 5) is 25.7. The molecule has 0 aromatic heterocycles. The zero-order valence-electron chi connectivity index (χ0n) is 12.4. The van der Waals surface area contributed by atoms with Crippen LogP contribution in [0.2, 0.25) is 0 Å². The van der Waals surface area contributed by atoms with Crippen LogP contribution in [0.25, 0.3) is 0 Å². The fraction of sp³-hybridized carbons (Fsp3) is 0.500. The molecule has 1 atom stereocenters. The topological polar surface area (TPSA) is 57.6 Å². The van der Waals surface area contributed by atoms with Crippen molar-refractivity contribution in [3.8, 4) is 0 Å². The first-order valence-electron chi connectivity index (χ1n) is 7.24. The second-order valence-electron chi connectivity index (χ2n) is 5.56. The van der Waals surface area contributed by atoms with Gasteiger partial charge in [0.05, 0.1) is 5.69 Å². The minimum Gasteiger partial charge on any atom is -0.375 e. The molecule has 0 aliphatic carbocycles. The molecule has 0 saturated heterocycles. The number of anilines is 1. The molecule has 0 bridgehead atoms. The number of carbonyl (C=O) groups is 2. The van der Waals surface area contributed by atoms with E-state index in [0.29, 0.717) is 17.8 Å². The molecular formula is C16H20BrNO3. The summed E-state index contributed by atoms with van der Waals surface area (Å²) in [5.74, 6) is -0.589. The molecule has 0 radical (unpaired) electrons. The van der Waals surface area contributed by atoms with Crippen molar-refractivity contribution >= 4 is 33.3 Å². The lowest BCUT2D eigenvalue weighted by molar-refractivity contribution is -0.141. The Labute approximate surface area is 133 Å². The number of hydrogen-bond donors (Lipinski definition) is 1. The van der Waals surface area contributed by atoms with E-state index < -0.39 is 5.60 Å². The predicted octanol–water partition coefficient (Wildman–Crippen LogP) is 3.15. The summed E-state index contributed by atoms with van der Waals surface area (Å²) in [6.07, 6.45) is 2.79. The first-order chi connectivity index (χ1) is 9.90. The maximum atomic E-state index is 12.6. The quantitative estimate of drug-likeness (QED) is 0.799. The van der Waals surface area contributed by atoms with Gasteiger partial charge in [-0.25, -0.2) is 0 Å². The van der Waals surface area contributed by atoms with Crippen LogP contribution in [0, 0.1) is 0 Å². The van der Waals surface area contributed by atoms with Crippen molar-refractivity contribution in [2.75, 3.05) is 11.4 Å². The average molecular weight is 354 g/mol. The van der Waals surface area contributed by atoms with E-state index in [9.17, 15) is 14.7 Å². The summed E-state index contributed by atoms with van der Waals surface area (Å²) in [6, 6.07) is 5.40. The van der Waals surface area contributed by atoms with Crippen LogP contribution in [-0.4, -0.2) is 23.3 Å². The number of benzene rings is 1. The van der Waals surface area contributed by atoms with Gasteiger partial charge in [-0.15, -0.1) is 0 Å². The number of Topliss-reactive ketones (excluding diaryl/α,β-unsaturated/α-hetero) is 1. The van der Waals surface area contributed by atoms with Gasteiger partial charge in [-0.3, -0.25) is 9.59 Å². The van der Waals surface area contributed by atoms with E-state index >= 15 is 0 Å². The lowest BCUT2D eigenvalue weighted by Crippen LogP contribution is -2.41. The highest BCUT2D eigenvalue weighted by molar-refractivity contribution is 9.10. The number of unbranched alkanes of at least 4 members (excludes halogenated alkanes) is 2. The molecular weight excluding hydrogens is 334 g/mol. The Bertz CT molecular complexity index is 573. The van der Waals surface area contributed by atoms with E-state index in [2.05, 4.69) is 22.9 Å². The Hall–Kier alpha value is -1.20. The third-order valence-electron chi connectivity index (χ3n) is 3.78. The summed E-state index contributed by atoms with van der Waals surface area (Å²) in [7, 11) is 0. The number of ketones is 1. The largest absolute Gasteiger partial charge is 0.375 e. The molecule has 0 fully saturated rings. The molecule has 1 heterocycles. The number of nitrogens with zero attached hydrogens (tertiary/aromatic N) is 1. The zero-order chi connectivity index (χ0) is 15.6. The molecule has 2 rings (SSSR count). The monoisotopic (exact) mass is 353 g/mol. The molecule has 21 heavy (non-hydrogen) atoms. The summed E-state index contributed by atoms with van der Waals surface area (Å²) < 4.78 is 0.784. The Balaban J connectivity index is 2.40. The minimum atomic E-state index is -1.73. The number of aliphatic hydroxyl groups is 1. The van der Waals surface area contributed by atoms with Crippen LogP contribution in [0.4, 0.5) is 5.69 Å². The summed E-state index contributed by atoms with van der Waals surface area (Å²) in [5, 5.41) is 10.8. The molecule has 1 aromatic rings. The van der Waals surface area contributed by atoms with Crippen molar-refractivity contribution in [3.63, 3.8) is 0 Å². The maximum Gasteiger partial charge on any atom is 0.264 e. The van der Waals surface area contributed by atoms with Crippen LogP contribution >= 0.6 is 15.9 Å². The molecule has 1 aliphatic heterocycles. The third-order valence-corrected chi connectivity index (χ3v) is 4.28. The normalized spacial score (nSPS) is 20.8. The number of rotatable bonds is 6. The second kappa shape index (κ2) is 6.28. The van der Waals surface area contributed by atoms with Crippen LogP contribution in [0.3, 0.4) is 0 Å². The van der Waals surface area contributed by atoms with E-state index in [1.54, 1.807) is 11.0 Å². The van der Waals surface area contributed by atoms with Crippen molar-refractivity contribution in [1.82, 2.24) is 0 Å².